The number of hydrogen-bond acceptors (Lipinski definition) is 12. The van der Waals surface area contributed by atoms with Crippen molar-refractivity contribution in [3.63, 3.8) is 0 Å². The number of rotatable bonds is 9. The van der Waals surface area contributed by atoms with Crippen molar-refractivity contribution in [2.24, 2.45) is 7.05 Å². The van der Waals surface area contributed by atoms with Gasteiger partial charge in [-0.2, -0.15) is 5.10 Å². The molecule has 7 rings (SSSR count). The first kappa shape index (κ1) is 52.0. The van der Waals surface area contributed by atoms with E-state index in [2.05, 4.69) is 113 Å². The number of oxazole rings is 3. The molecule has 0 radical (unpaired) electrons. The standard InChI is InChI=1S/C12H13NO.C8H13NO2.C7H12N2.2C7H11NO.C7H11NS/c1-9(2)12-13-11(8-14-12)10-6-4-3-5-7-10;1-6(2)8-4-7(5-10-3)9-11-8;1-6(2)7-4-8-9(3)5-7;1-5(2)7-4-9-6(3)8-7;2*1-5(2)7-4-8-6(3)9-7/h3-9H,1-2H3;4,6H,5H2,1-3H3;4-6H,1-3H3;3*4-5H,1-3H3. The van der Waals surface area contributed by atoms with E-state index in [0.29, 0.717) is 42.1 Å². The molecule has 1 aromatic carbocycles. The smallest absolute Gasteiger partial charge is 0.197 e. The number of ether oxygens (including phenoxy) is 1. The van der Waals surface area contributed by atoms with Gasteiger partial charge in [-0.15, -0.1) is 11.3 Å². The molecule has 0 aliphatic carbocycles. The van der Waals surface area contributed by atoms with E-state index in [9.17, 15) is 0 Å². The molecule has 0 fully saturated rings. The van der Waals surface area contributed by atoms with Crippen LogP contribution in [0.2, 0.25) is 0 Å². The van der Waals surface area contributed by atoms with Gasteiger partial charge in [-0.3, -0.25) is 4.68 Å². The third-order valence-electron chi connectivity index (χ3n) is 8.56. The number of hydrogen-bond donors (Lipinski definition) is 0. The largest absolute Gasteiger partial charge is 0.449 e. The second kappa shape index (κ2) is 26.9. The number of thiazole rings is 1. The zero-order chi connectivity index (χ0) is 45.6. The quantitative estimate of drug-likeness (QED) is 0.137. The first-order chi connectivity index (χ1) is 28.8. The first-order valence-electron chi connectivity index (χ1n) is 21.0. The van der Waals surface area contributed by atoms with Crippen LogP contribution in [0.25, 0.3) is 11.3 Å². The Kier molecular flexibility index (Phi) is 23.0. The molecule has 12 nitrogen and oxygen atoms in total. The third-order valence-corrected chi connectivity index (χ3v) is 9.77. The Bertz CT molecular complexity index is 1990. The minimum atomic E-state index is 0.340. The van der Waals surface area contributed by atoms with E-state index >= 15 is 0 Å². The van der Waals surface area contributed by atoms with Crippen molar-refractivity contribution in [2.45, 2.75) is 146 Å². The summed E-state index contributed by atoms with van der Waals surface area (Å²) in [6.07, 6.45) is 11.1. The minimum Gasteiger partial charge on any atom is -0.449 e. The monoisotopic (exact) mass is 858 g/mol. The van der Waals surface area contributed by atoms with Crippen molar-refractivity contribution >= 4 is 11.3 Å². The molecule has 0 atom stereocenters. The molecule has 13 heteroatoms. The lowest BCUT2D eigenvalue weighted by Crippen LogP contribution is -1.86. The molecule has 61 heavy (non-hydrogen) atoms. The van der Waals surface area contributed by atoms with E-state index < -0.39 is 0 Å². The average Bonchev–Trinajstić information content (AvgIpc) is 4.07. The number of benzene rings is 1. The van der Waals surface area contributed by atoms with E-state index in [-0.39, 0.29) is 0 Å². The van der Waals surface area contributed by atoms with E-state index in [0.717, 1.165) is 51.8 Å². The van der Waals surface area contributed by atoms with Crippen LogP contribution in [0.4, 0.5) is 0 Å². The maximum Gasteiger partial charge on any atom is 0.197 e. The zero-order valence-corrected chi connectivity index (χ0v) is 40.5. The Balaban J connectivity index is 0.000000255. The Hall–Kier alpha value is -5.14. The third kappa shape index (κ3) is 19.9. The fourth-order valence-corrected chi connectivity index (χ4v) is 5.57. The van der Waals surface area contributed by atoms with Crippen molar-refractivity contribution in [2.75, 3.05) is 7.11 Å². The number of aromatic nitrogens is 7. The summed E-state index contributed by atoms with van der Waals surface area (Å²) < 4.78 is 27.4. The molecule has 0 aliphatic rings. The molecule has 0 N–H and O–H groups in total. The van der Waals surface area contributed by atoms with Crippen LogP contribution in [-0.4, -0.2) is 42.0 Å². The van der Waals surface area contributed by atoms with Crippen LogP contribution in [0.5, 0.6) is 0 Å². The van der Waals surface area contributed by atoms with E-state index in [1.54, 1.807) is 37.2 Å². The fraction of sp³-hybridized carbons (Fsp3) is 0.500. The molecule has 6 aromatic heterocycles. The highest BCUT2D eigenvalue weighted by molar-refractivity contribution is 7.11. The minimum absolute atomic E-state index is 0.340. The molecule has 0 unspecified atom stereocenters. The Labute approximate surface area is 368 Å². The van der Waals surface area contributed by atoms with Crippen LogP contribution < -0.4 is 0 Å². The lowest BCUT2D eigenvalue weighted by Gasteiger charge is -1.95. The van der Waals surface area contributed by atoms with Crippen molar-refractivity contribution in [1.82, 2.24) is 34.9 Å². The average molecular weight is 858 g/mol. The van der Waals surface area contributed by atoms with Gasteiger partial charge in [0.05, 0.1) is 29.7 Å². The number of aryl methyl sites for hydroxylation is 4. The molecule has 6 heterocycles. The summed E-state index contributed by atoms with van der Waals surface area (Å²) in [6, 6.07) is 12.0. The van der Waals surface area contributed by atoms with Gasteiger partial charge in [0, 0.05) is 74.7 Å². The maximum atomic E-state index is 5.37. The summed E-state index contributed by atoms with van der Waals surface area (Å²) in [5, 5.41) is 9.05. The second-order valence-corrected chi connectivity index (χ2v) is 17.6. The lowest BCUT2D eigenvalue weighted by atomic mass is 10.1. The molecular formula is C48H71N7O5S. The Morgan fingerprint density at radius 1 is 0.689 bits per heavy atom. The normalized spacial score (nSPS) is 10.7. The lowest BCUT2D eigenvalue weighted by molar-refractivity contribution is 0.177. The van der Waals surface area contributed by atoms with E-state index in [4.69, 9.17) is 22.5 Å². The highest BCUT2D eigenvalue weighted by atomic mass is 32.1. The molecule has 0 saturated heterocycles. The van der Waals surface area contributed by atoms with Crippen LogP contribution in [0.3, 0.4) is 0 Å². The SMILES string of the molecule is CC(C)c1cnn(C)c1.CC(C)c1nc(-c2ccccc2)co1.COCc1cc(C(C)C)on1.Cc1nc(C(C)C)co1.Cc1ncc(C(C)C)o1.Cc1ncc(C(C)C)s1. The number of methoxy groups -OCH3 is 1. The summed E-state index contributed by atoms with van der Waals surface area (Å²) in [5.74, 6) is 7.06. The Morgan fingerprint density at radius 2 is 1.36 bits per heavy atom. The topological polar surface area (TPSA) is 144 Å². The van der Waals surface area contributed by atoms with Gasteiger partial charge in [-0.25, -0.2) is 19.9 Å². The maximum absolute atomic E-state index is 5.37. The summed E-state index contributed by atoms with van der Waals surface area (Å²) in [5.41, 5.74) is 5.21. The highest BCUT2D eigenvalue weighted by Gasteiger charge is 2.09. The molecule has 7 aromatic rings. The zero-order valence-electron chi connectivity index (χ0n) is 39.7. The van der Waals surface area contributed by atoms with E-state index in [1.807, 2.05) is 87.5 Å². The van der Waals surface area contributed by atoms with Crippen molar-refractivity contribution in [3.05, 3.63) is 130 Å². The first-order valence-corrected chi connectivity index (χ1v) is 21.8. The van der Waals surface area contributed by atoms with Crippen molar-refractivity contribution < 1.29 is 22.5 Å². The van der Waals surface area contributed by atoms with Gasteiger partial charge >= 0.3 is 0 Å². The van der Waals surface area contributed by atoms with Gasteiger partial charge < -0.3 is 22.5 Å². The molecule has 0 amide bonds. The summed E-state index contributed by atoms with van der Waals surface area (Å²) >= 11 is 1.78. The van der Waals surface area contributed by atoms with Crippen LogP contribution in [0.15, 0.2) is 91.5 Å². The van der Waals surface area contributed by atoms with Crippen LogP contribution in [0, 0.1) is 20.8 Å². The summed E-state index contributed by atoms with van der Waals surface area (Å²) in [6.45, 7) is 31.6. The second-order valence-electron chi connectivity index (χ2n) is 16.3. The predicted molar refractivity (Wildman–Crippen MR) is 246 cm³/mol. The van der Waals surface area contributed by atoms with E-state index in [1.165, 1.54) is 15.4 Å². The summed E-state index contributed by atoms with van der Waals surface area (Å²) in [4.78, 5) is 18.1. The van der Waals surface area contributed by atoms with Gasteiger partial charge in [0.2, 0.25) is 0 Å². The van der Waals surface area contributed by atoms with Crippen LogP contribution in [-0.2, 0) is 18.4 Å². The predicted octanol–water partition coefficient (Wildman–Crippen LogP) is 13.7. The summed E-state index contributed by atoms with van der Waals surface area (Å²) in [7, 11) is 3.58. The van der Waals surface area contributed by atoms with Crippen LogP contribution in [0.1, 0.15) is 175 Å². The molecule has 0 aliphatic heterocycles. The van der Waals surface area contributed by atoms with Gasteiger partial charge in [0.15, 0.2) is 17.7 Å². The van der Waals surface area contributed by atoms with Gasteiger partial charge in [-0.05, 0) is 30.2 Å². The van der Waals surface area contributed by atoms with Gasteiger partial charge in [-0.1, -0.05) is 119 Å². The van der Waals surface area contributed by atoms with Crippen LogP contribution >= 0.6 is 11.3 Å². The molecule has 0 spiro atoms. The Morgan fingerprint density at radius 3 is 1.70 bits per heavy atom. The molecule has 0 saturated carbocycles. The molecule has 334 valence electrons. The molecular weight excluding hydrogens is 787 g/mol. The van der Waals surface area contributed by atoms with Gasteiger partial charge in [0.25, 0.3) is 0 Å². The fourth-order valence-electron chi connectivity index (χ4n) is 4.78. The molecule has 0 bridgehead atoms. The highest BCUT2D eigenvalue weighted by Crippen LogP contribution is 2.22. The van der Waals surface area contributed by atoms with Crippen molar-refractivity contribution in [3.8, 4) is 11.3 Å². The number of nitrogens with zero attached hydrogens (tertiary/aromatic N) is 7. The van der Waals surface area contributed by atoms with Gasteiger partial charge in [0.1, 0.15) is 35.4 Å². The van der Waals surface area contributed by atoms with Crippen molar-refractivity contribution in [1.29, 1.82) is 0 Å².